The molecule has 0 saturated carbocycles. The van der Waals surface area contributed by atoms with Gasteiger partial charge in [-0.2, -0.15) is 10.2 Å². The van der Waals surface area contributed by atoms with Crippen molar-refractivity contribution < 1.29 is 19.4 Å². The van der Waals surface area contributed by atoms with Crippen molar-refractivity contribution in [2.24, 2.45) is 10.2 Å². The monoisotopic (exact) mass is 496 g/mol. The largest absolute Gasteiger partial charge is 0.273 e. The zero-order chi connectivity index (χ0) is 26.5. The third-order valence-corrected chi connectivity index (χ3v) is 5.14. The average Bonchev–Trinajstić information content (AvgIpc) is 2.87. The zero-order valence-electron chi connectivity index (χ0n) is 20.1. The number of amides is 2. The first-order chi connectivity index (χ1) is 17.2. The van der Waals surface area contributed by atoms with E-state index in [2.05, 4.69) is 21.1 Å². The normalized spacial score (nSPS) is 11.6. The molecule has 2 N–H and O–H groups in total. The predicted octanol–water partition coefficient (Wildman–Crippen LogP) is 4.22. The number of non-ortho nitro benzene ring substituents is 2. The Labute approximate surface area is 207 Å². The molecule has 0 bridgehead atoms. The minimum Gasteiger partial charge on any atom is -0.273 e. The Bertz CT molecular complexity index is 1090. The molecule has 190 valence electrons. The highest BCUT2D eigenvalue weighted by atomic mass is 16.6. The van der Waals surface area contributed by atoms with Gasteiger partial charge >= 0.3 is 0 Å². The Morgan fingerprint density at radius 2 is 1.14 bits per heavy atom. The first-order valence-electron chi connectivity index (χ1n) is 11.5. The summed E-state index contributed by atoms with van der Waals surface area (Å²) in [4.78, 5) is 45.1. The molecule has 2 aromatic carbocycles. The zero-order valence-corrected chi connectivity index (χ0v) is 20.1. The summed E-state index contributed by atoms with van der Waals surface area (Å²) in [6.07, 6.45) is 2.14. The average molecular weight is 497 g/mol. The predicted molar refractivity (Wildman–Crippen MR) is 135 cm³/mol. The smallest absolute Gasteiger partial charge is 0.270 e. The number of benzene rings is 2. The fourth-order valence-electron chi connectivity index (χ4n) is 3.24. The van der Waals surface area contributed by atoms with Crippen molar-refractivity contribution in [3.05, 3.63) is 79.9 Å². The molecule has 2 rings (SSSR count). The number of nitrogens with one attached hydrogen (secondary N) is 2. The number of hydrogen-bond donors (Lipinski definition) is 2. The Kier molecular flexibility index (Phi) is 10.8. The molecule has 36 heavy (non-hydrogen) atoms. The summed E-state index contributed by atoms with van der Waals surface area (Å²) >= 11 is 0. The molecule has 0 aliphatic heterocycles. The topological polar surface area (TPSA) is 169 Å². The summed E-state index contributed by atoms with van der Waals surface area (Å²) in [5, 5.41) is 30.1. The molecule has 0 heterocycles. The van der Waals surface area contributed by atoms with E-state index in [0.29, 0.717) is 48.2 Å². The summed E-state index contributed by atoms with van der Waals surface area (Å²) in [6, 6.07) is 12.1. The van der Waals surface area contributed by atoms with E-state index in [1.165, 1.54) is 24.3 Å². The number of carbonyl (C=O) groups excluding carboxylic acids is 2. The first kappa shape index (κ1) is 27.8. The number of hydrogen-bond acceptors (Lipinski definition) is 8. The van der Waals surface area contributed by atoms with Crippen LogP contribution in [0, 0.1) is 20.2 Å². The summed E-state index contributed by atoms with van der Waals surface area (Å²) in [5.41, 5.74) is 6.94. The number of unbranched alkanes of at least 4 members (excludes halogenated alkanes) is 1. The summed E-state index contributed by atoms with van der Waals surface area (Å²) < 4.78 is 0. The lowest BCUT2D eigenvalue weighted by molar-refractivity contribution is -0.385. The number of carbonyl (C=O) groups is 2. The van der Waals surface area contributed by atoms with Gasteiger partial charge in [-0.15, -0.1) is 0 Å². The molecule has 0 unspecified atom stereocenters. The molecule has 0 radical (unpaired) electrons. The lowest BCUT2D eigenvalue weighted by atomic mass is 10.1. The van der Waals surface area contributed by atoms with Crippen molar-refractivity contribution >= 4 is 34.6 Å². The van der Waals surface area contributed by atoms with E-state index in [1.54, 1.807) is 24.3 Å². The van der Waals surface area contributed by atoms with Gasteiger partial charge in [0.25, 0.3) is 11.4 Å². The highest BCUT2D eigenvalue weighted by Gasteiger charge is 2.11. The number of rotatable bonds is 13. The summed E-state index contributed by atoms with van der Waals surface area (Å²) in [7, 11) is 0. The van der Waals surface area contributed by atoms with Gasteiger partial charge in [-0.05, 0) is 25.7 Å². The molecule has 2 aromatic rings. The van der Waals surface area contributed by atoms with Crippen molar-refractivity contribution in [1.82, 2.24) is 10.9 Å². The van der Waals surface area contributed by atoms with E-state index in [1.807, 2.05) is 13.8 Å². The van der Waals surface area contributed by atoms with Gasteiger partial charge in [0, 0.05) is 48.2 Å². The molecule has 0 fully saturated rings. The molecule has 0 aliphatic carbocycles. The van der Waals surface area contributed by atoms with E-state index < -0.39 is 9.85 Å². The van der Waals surface area contributed by atoms with Crippen LogP contribution < -0.4 is 10.9 Å². The van der Waals surface area contributed by atoms with Gasteiger partial charge in [-0.25, -0.2) is 10.9 Å². The Balaban J connectivity index is 1.80. The maximum absolute atomic E-state index is 12.1. The van der Waals surface area contributed by atoms with Crippen molar-refractivity contribution in [2.45, 2.75) is 52.4 Å². The van der Waals surface area contributed by atoms with Crippen LogP contribution in [0.5, 0.6) is 0 Å². The van der Waals surface area contributed by atoms with E-state index in [-0.39, 0.29) is 36.0 Å². The molecule has 12 heteroatoms. The molecular weight excluding hydrogens is 468 g/mol. The summed E-state index contributed by atoms with van der Waals surface area (Å²) in [6.45, 7) is 3.65. The molecule has 0 atom stereocenters. The standard InChI is InChI=1S/C24H28N6O6/c1-3-21(17-9-7-11-19(15-17)29(33)34)25-27-23(31)13-5-6-14-24(32)28-26-22(4-2)18-10-8-12-20(16-18)30(35)36/h7-12,15-16H,3-6,13-14H2,1-2H3,(H,27,31)(H,28,32). The second kappa shape index (κ2) is 14.0. The van der Waals surface area contributed by atoms with Crippen LogP contribution in [-0.4, -0.2) is 33.1 Å². The van der Waals surface area contributed by atoms with Crippen LogP contribution in [-0.2, 0) is 9.59 Å². The molecular formula is C24H28N6O6. The SMILES string of the molecule is CCC(=NNC(=O)CCCCC(=O)NN=C(CC)c1cccc([N+](=O)[O-])c1)c1cccc([N+](=O)[O-])c1. The second-order valence-electron chi connectivity index (χ2n) is 7.72. The van der Waals surface area contributed by atoms with Gasteiger partial charge in [0.05, 0.1) is 21.3 Å². The molecule has 0 spiro atoms. The van der Waals surface area contributed by atoms with Gasteiger partial charge in [0.2, 0.25) is 11.8 Å². The van der Waals surface area contributed by atoms with Crippen molar-refractivity contribution in [3.8, 4) is 0 Å². The van der Waals surface area contributed by atoms with Gasteiger partial charge in [-0.1, -0.05) is 38.1 Å². The number of nitrogens with zero attached hydrogens (tertiary/aromatic N) is 4. The van der Waals surface area contributed by atoms with Crippen LogP contribution in [0.25, 0.3) is 0 Å². The molecule has 12 nitrogen and oxygen atoms in total. The first-order valence-corrected chi connectivity index (χ1v) is 11.5. The van der Waals surface area contributed by atoms with Crippen molar-refractivity contribution in [3.63, 3.8) is 0 Å². The Morgan fingerprint density at radius 3 is 1.47 bits per heavy atom. The van der Waals surface area contributed by atoms with Crippen molar-refractivity contribution in [2.75, 3.05) is 0 Å². The van der Waals surface area contributed by atoms with Gasteiger partial charge < -0.3 is 0 Å². The number of nitro groups is 2. The van der Waals surface area contributed by atoms with Crippen LogP contribution in [0.3, 0.4) is 0 Å². The van der Waals surface area contributed by atoms with Crippen LogP contribution in [0.1, 0.15) is 63.5 Å². The van der Waals surface area contributed by atoms with Gasteiger partial charge in [0.15, 0.2) is 0 Å². The van der Waals surface area contributed by atoms with Crippen molar-refractivity contribution in [1.29, 1.82) is 0 Å². The molecule has 0 aromatic heterocycles. The third-order valence-electron chi connectivity index (χ3n) is 5.14. The van der Waals surface area contributed by atoms with Gasteiger partial charge in [-0.3, -0.25) is 29.8 Å². The van der Waals surface area contributed by atoms with Gasteiger partial charge in [0.1, 0.15) is 0 Å². The molecule has 2 amide bonds. The second-order valence-corrected chi connectivity index (χ2v) is 7.72. The minimum atomic E-state index is -0.492. The lowest BCUT2D eigenvalue weighted by Gasteiger charge is -2.06. The Hall–Kier alpha value is -4.48. The number of nitro benzene ring substituents is 2. The minimum absolute atomic E-state index is 0.0567. The van der Waals surface area contributed by atoms with Crippen LogP contribution >= 0.6 is 0 Å². The third kappa shape index (κ3) is 8.70. The highest BCUT2D eigenvalue weighted by molar-refractivity contribution is 6.02. The molecule has 0 saturated heterocycles. The lowest BCUT2D eigenvalue weighted by Crippen LogP contribution is -2.21. The molecule has 0 aliphatic rings. The van der Waals surface area contributed by atoms with Crippen LogP contribution in [0.15, 0.2) is 58.7 Å². The van der Waals surface area contributed by atoms with Crippen LogP contribution in [0.2, 0.25) is 0 Å². The van der Waals surface area contributed by atoms with Crippen LogP contribution in [0.4, 0.5) is 11.4 Å². The van der Waals surface area contributed by atoms with E-state index in [9.17, 15) is 29.8 Å². The van der Waals surface area contributed by atoms with E-state index >= 15 is 0 Å². The fourth-order valence-corrected chi connectivity index (χ4v) is 3.24. The fraction of sp³-hybridized carbons (Fsp3) is 0.333. The maximum Gasteiger partial charge on any atom is 0.270 e. The van der Waals surface area contributed by atoms with E-state index in [0.717, 1.165) is 0 Å². The number of hydrazone groups is 2. The van der Waals surface area contributed by atoms with E-state index in [4.69, 9.17) is 0 Å². The quantitative estimate of drug-likeness (QED) is 0.182. The highest BCUT2D eigenvalue weighted by Crippen LogP contribution is 2.16. The maximum atomic E-state index is 12.1. The summed E-state index contributed by atoms with van der Waals surface area (Å²) in [5.74, 6) is -0.660. The Morgan fingerprint density at radius 1 is 0.750 bits per heavy atom.